The van der Waals surface area contributed by atoms with Gasteiger partial charge in [-0.2, -0.15) is 17.0 Å². The van der Waals surface area contributed by atoms with Gasteiger partial charge >= 0.3 is 0 Å². The first-order valence-electron chi connectivity index (χ1n) is 6.39. The third-order valence-electron chi connectivity index (χ3n) is 3.98. The summed E-state index contributed by atoms with van der Waals surface area (Å²) in [6.45, 7) is 6.13. The summed E-state index contributed by atoms with van der Waals surface area (Å²) in [5, 5.41) is 3.43. The Bertz CT molecular complexity index is 355. The molecule has 0 aromatic rings. The van der Waals surface area contributed by atoms with E-state index in [1.807, 2.05) is 13.8 Å². The first-order chi connectivity index (χ1) is 7.93. The van der Waals surface area contributed by atoms with Crippen LogP contribution in [0.25, 0.3) is 0 Å². The quantitative estimate of drug-likeness (QED) is 0.792. The summed E-state index contributed by atoms with van der Waals surface area (Å²) in [6, 6.07) is 0.370. The maximum absolute atomic E-state index is 12.3. The largest absolute Gasteiger partial charge is 0.312 e. The van der Waals surface area contributed by atoms with E-state index in [4.69, 9.17) is 0 Å². The fraction of sp³-hybridized carbons (Fsp3) is 1.00. The second-order valence-electron chi connectivity index (χ2n) is 5.40. The van der Waals surface area contributed by atoms with E-state index in [2.05, 4.69) is 5.32 Å². The van der Waals surface area contributed by atoms with E-state index >= 15 is 0 Å². The third kappa shape index (κ3) is 2.50. The monoisotopic (exact) mass is 261 g/mol. The molecule has 0 aromatic carbocycles. The Hall–Kier alpha value is -0.170. The molecule has 0 aliphatic carbocycles. The highest BCUT2D eigenvalue weighted by atomic mass is 32.2. The van der Waals surface area contributed by atoms with Crippen molar-refractivity contribution in [3.05, 3.63) is 0 Å². The van der Waals surface area contributed by atoms with Crippen molar-refractivity contribution in [3.8, 4) is 0 Å². The van der Waals surface area contributed by atoms with E-state index in [-0.39, 0.29) is 6.04 Å². The molecular formula is C11H23N3O2S. The number of hydrogen-bond acceptors (Lipinski definition) is 3. The molecule has 2 rings (SSSR count). The van der Waals surface area contributed by atoms with Crippen LogP contribution in [0.4, 0.5) is 0 Å². The van der Waals surface area contributed by atoms with Crippen molar-refractivity contribution in [2.75, 3.05) is 26.7 Å². The van der Waals surface area contributed by atoms with Crippen LogP contribution in [-0.2, 0) is 10.2 Å². The minimum absolute atomic E-state index is 0.00980. The molecule has 0 spiro atoms. The smallest absolute Gasteiger partial charge is 0.282 e. The number of rotatable bonds is 3. The lowest BCUT2D eigenvalue weighted by Gasteiger charge is -2.26. The van der Waals surface area contributed by atoms with E-state index in [0.29, 0.717) is 25.0 Å². The van der Waals surface area contributed by atoms with Gasteiger partial charge in [0.25, 0.3) is 10.2 Å². The summed E-state index contributed by atoms with van der Waals surface area (Å²) in [7, 11) is -1.61. The Balaban J connectivity index is 2.09. The predicted octanol–water partition coefficient (Wildman–Crippen LogP) is 0.255. The normalized spacial score (nSPS) is 31.1. The Labute approximate surface area is 104 Å². The molecule has 1 N–H and O–H groups in total. The van der Waals surface area contributed by atoms with Gasteiger partial charge in [-0.05, 0) is 39.2 Å². The standard InChI is InChI=1S/C11H23N3O2S/c1-9(2)13(3)17(15,16)14-7-10-5-4-6-12-11(10)8-14/h9-12H,4-8H2,1-3H3/t10-,11+/m0/s1. The Morgan fingerprint density at radius 1 is 1.35 bits per heavy atom. The molecule has 0 aromatic heterocycles. The van der Waals surface area contributed by atoms with Crippen molar-refractivity contribution in [2.45, 2.75) is 38.8 Å². The number of hydrogen-bond donors (Lipinski definition) is 1. The number of piperidine rings is 1. The summed E-state index contributed by atoms with van der Waals surface area (Å²) in [5.74, 6) is 0.499. The van der Waals surface area contributed by atoms with Crippen molar-refractivity contribution in [1.29, 1.82) is 0 Å². The van der Waals surface area contributed by atoms with Crippen LogP contribution >= 0.6 is 0 Å². The van der Waals surface area contributed by atoms with Crippen molar-refractivity contribution in [3.63, 3.8) is 0 Å². The number of nitrogens with zero attached hydrogens (tertiary/aromatic N) is 2. The highest BCUT2D eigenvalue weighted by Crippen LogP contribution is 2.27. The van der Waals surface area contributed by atoms with E-state index < -0.39 is 10.2 Å². The average Bonchev–Trinajstić information content (AvgIpc) is 2.71. The molecule has 6 heteroatoms. The zero-order chi connectivity index (χ0) is 12.6. The van der Waals surface area contributed by atoms with E-state index in [9.17, 15) is 8.42 Å². The number of fused-ring (bicyclic) bond motifs is 1. The van der Waals surface area contributed by atoms with Gasteiger partial charge in [0, 0.05) is 32.2 Å². The molecule has 0 unspecified atom stereocenters. The van der Waals surface area contributed by atoms with E-state index in [1.54, 1.807) is 11.4 Å². The van der Waals surface area contributed by atoms with E-state index in [1.165, 1.54) is 4.31 Å². The van der Waals surface area contributed by atoms with Crippen LogP contribution in [0.1, 0.15) is 26.7 Å². The minimum Gasteiger partial charge on any atom is -0.312 e. The molecule has 2 fully saturated rings. The predicted molar refractivity (Wildman–Crippen MR) is 67.9 cm³/mol. The zero-order valence-corrected chi connectivity index (χ0v) is 11.7. The number of nitrogens with one attached hydrogen (secondary N) is 1. The second-order valence-corrected chi connectivity index (χ2v) is 7.39. The van der Waals surface area contributed by atoms with Gasteiger partial charge in [-0.3, -0.25) is 0 Å². The van der Waals surface area contributed by atoms with Crippen molar-refractivity contribution in [1.82, 2.24) is 13.9 Å². The van der Waals surface area contributed by atoms with Crippen LogP contribution in [0, 0.1) is 5.92 Å². The van der Waals surface area contributed by atoms with Crippen LogP contribution in [-0.4, -0.2) is 55.8 Å². The van der Waals surface area contributed by atoms with Crippen LogP contribution in [0.15, 0.2) is 0 Å². The lowest BCUT2D eigenvalue weighted by molar-refractivity contribution is 0.337. The Morgan fingerprint density at radius 3 is 2.65 bits per heavy atom. The summed E-state index contributed by atoms with van der Waals surface area (Å²) in [5.41, 5.74) is 0. The molecule has 2 atom stereocenters. The molecule has 17 heavy (non-hydrogen) atoms. The van der Waals surface area contributed by atoms with Gasteiger partial charge in [0.1, 0.15) is 0 Å². The molecule has 2 aliphatic heterocycles. The molecule has 0 amide bonds. The van der Waals surface area contributed by atoms with Crippen molar-refractivity contribution < 1.29 is 8.42 Å². The van der Waals surface area contributed by atoms with E-state index in [0.717, 1.165) is 19.4 Å². The van der Waals surface area contributed by atoms with Gasteiger partial charge in [0.05, 0.1) is 0 Å². The summed E-state index contributed by atoms with van der Waals surface area (Å²) in [6.07, 6.45) is 2.31. The topological polar surface area (TPSA) is 52.7 Å². The maximum atomic E-state index is 12.3. The lowest BCUT2D eigenvalue weighted by atomic mass is 9.94. The molecule has 0 saturated carbocycles. The molecule has 2 aliphatic rings. The van der Waals surface area contributed by atoms with Gasteiger partial charge in [-0.25, -0.2) is 0 Å². The minimum atomic E-state index is -3.27. The first kappa shape index (κ1) is 13.3. The third-order valence-corrected chi connectivity index (χ3v) is 6.08. The SMILES string of the molecule is CC(C)N(C)S(=O)(=O)N1C[C@@H]2CCCN[C@@H]2C1. The van der Waals surface area contributed by atoms with Crippen LogP contribution in [0.5, 0.6) is 0 Å². The molecular weight excluding hydrogens is 238 g/mol. The summed E-state index contributed by atoms with van der Waals surface area (Å²) >= 11 is 0. The highest BCUT2D eigenvalue weighted by molar-refractivity contribution is 7.86. The van der Waals surface area contributed by atoms with Crippen molar-refractivity contribution >= 4 is 10.2 Å². The molecule has 2 heterocycles. The fourth-order valence-corrected chi connectivity index (χ4v) is 4.27. The van der Waals surface area contributed by atoms with Crippen LogP contribution in [0.3, 0.4) is 0 Å². The van der Waals surface area contributed by atoms with Crippen LogP contribution in [0.2, 0.25) is 0 Å². The van der Waals surface area contributed by atoms with Gasteiger partial charge in [-0.1, -0.05) is 0 Å². The molecule has 100 valence electrons. The maximum Gasteiger partial charge on any atom is 0.282 e. The summed E-state index contributed by atoms with van der Waals surface area (Å²) < 4.78 is 27.8. The molecule has 2 saturated heterocycles. The van der Waals surface area contributed by atoms with Gasteiger partial charge < -0.3 is 5.32 Å². The van der Waals surface area contributed by atoms with Crippen molar-refractivity contribution in [2.24, 2.45) is 5.92 Å². The fourth-order valence-electron chi connectivity index (χ4n) is 2.64. The van der Waals surface area contributed by atoms with Gasteiger partial charge in [0.15, 0.2) is 0 Å². The average molecular weight is 261 g/mol. The second kappa shape index (κ2) is 4.84. The van der Waals surface area contributed by atoms with Crippen LogP contribution < -0.4 is 5.32 Å². The zero-order valence-electron chi connectivity index (χ0n) is 10.9. The Morgan fingerprint density at radius 2 is 2.06 bits per heavy atom. The van der Waals surface area contributed by atoms with Gasteiger partial charge in [-0.15, -0.1) is 0 Å². The molecule has 0 radical (unpaired) electrons. The molecule has 5 nitrogen and oxygen atoms in total. The highest BCUT2D eigenvalue weighted by Gasteiger charge is 2.41. The summed E-state index contributed by atoms with van der Waals surface area (Å²) in [4.78, 5) is 0. The van der Waals surface area contributed by atoms with Gasteiger partial charge in [0.2, 0.25) is 0 Å². The first-order valence-corrected chi connectivity index (χ1v) is 7.79. The Kier molecular flexibility index (Phi) is 3.77. The lowest BCUT2D eigenvalue weighted by Crippen LogP contribution is -2.45. The molecule has 0 bridgehead atoms.